The fourth-order valence-electron chi connectivity index (χ4n) is 3.50. The molecule has 0 fully saturated rings. The fraction of sp³-hybridized carbons (Fsp3) is 0.0435. The number of hydrogen-bond acceptors (Lipinski definition) is 2. The molecule has 4 aromatic rings. The number of ether oxygens (including phenoxy) is 1. The van der Waals surface area contributed by atoms with Crippen molar-refractivity contribution in [2.45, 2.75) is 0 Å². The second-order valence-corrected chi connectivity index (χ2v) is 6.18. The topological polar surface area (TPSA) is 62.7 Å². The van der Waals surface area contributed by atoms with Gasteiger partial charge in [-0.05, 0) is 33.2 Å². The van der Waals surface area contributed by atoms with Crippen molar-refractivity contribution in [3.05, 3.63) is 90.0 Å². The van der Waals surface area contributed by atoms with Crippen LogP contribution in [0.4, 0.5) is 0 Å². The summed E-state index contributed by atoms with van der Waals surface area (Å²) in [7, 11) is 1.27. The summed E-state index contributed by atoms with van der Waals surface area (Å²) in [4.78, 5) is 15.5. The maximum atomic E-state index is 12.2. The average Bonchev–Trinajstić information content (AvgIpc) is 2.73. The summed E-state index contributed by atoms with van der Waals surface area (Å²) < 4.78 is 4.82. The molecular weight excluding hydrogens is 336 g/mol. The summed E-state index contributed by atoms with van der Waals surface area (Å²) in [5.41, 5.74) is 11.7. The van der Waals surface area contributed by atoms with Crippen LogP contribution < -0.4 is 0 Å². The minimum atomic E-state index is -0.686. The van der Waals surface area contributed by atoms with Crippen molar-refractivity contribution in [3.63, 3.8) is 0 Å². The smallest absolute Gasteiger partial charge is 0.422 e. The first-order valence-corrected chi connectivity index (χ1v) is 8.55. The quantitative estimate of drug-likeness (QED) is 0.229. The predicted octanol–water partition coefficient (Wildman–Crippen LogP) is 4.85. The molecular formula is C23H16N2O2. The van der Waals surface area contributed by atoms with Gasteiger partial charge >= 0.3 is 11.7 Å². The van der Waals surface area contributed by atoms with Crippen LogP contribution in [-0.4, -0.2) is 23.6 Å². The van der Waals surface area contributed by atoms with Crippen molar-refractivity contribution < 1.29 is 14.3 Å². The van der Waals surface area contributed by atoms with Crippen LogP contribution in [0.25, 0.3) is 38.2 Å². The van der Waals surface area contributed by atoms with Crippen molar-refractivity contribution in [1.29, 1.82) is 0 Å². The van der Waals surface area contributed by atoms with E-state index in [0.717, 1.165) is 32.7 Å². The van der Waals surface area contributed by atoms with E-state index in [1.807, 2.05) is 72.8 Å². The Hall–Kier alpha value is -3.75. The third kappa shape index (κ3) is 2.78. The van der Waals surface area contributed by atoms with E-state index >= 15 is 0 Å². The predicted molar refractivity (Wildman–Crippen MR) is 107 cm³/mol. The lowest BCUT2D eigenvalue weighted by atomic mass is 9.88. The van der Waals surface area contributed by atoms with E-state index in [1.165, 1.54) is 7.11 Å². The number of carbonyl (C=O) groups excluding carboxylic acids is 1. The van der Waals surface area contributed by atoms with Gasteiger partial charge in [0.25, 0.3) is 0 Å². The number of methoxy groups -OCH3 is 1. The molecule has 0 N–H and O–H groups in total. The molecule has 0 unspecified atom stereocenters. The number of esters is 1. The Morgan fingerprint density at radius 3 is 2.15 bits per heavy atom. The molecule has 0 spiro atoms. The molecule has 4 heteroatoms. The Kier molecular flexibility index (Phi) is 4.25. The molecule has 0 atom stereocenters. The summed E-state index contributed by atoms with van der Waals surface area (Å²) in [6.07, 6.45) is 0. The van der Waals surface area contributed by atoms with Crippen molar-refractivity contribution in [1.82, 2.24) is 0 Å². The first-order chi connectivity index (χ1) is 13.2. The van der Waals surface area contributed by atoms with Gasteiger partial charge in [0.15, 0.2) is 0 Å². The molecule has 0 bridgehead atoms. The van der Waals surface area contributed by atoms with Crippen LogP contribution in [0.3, 0.4) is 0 Å². The lowest BCUT2D eigenvalue weighted by molar-refractivity contribution is -0.137. The molecule has 0 amide bonds. The van der Waals surface area contributed by atoms with E-state index in [0.29, 0.717) is 5.56 Å². The molecule has 130 valence electrons. The van der Waals surface area contributed by atoms with Gasteiger partial charge in [-0.3, -0.25) is 0 Å². The van der Waals surface area contributed by atoms with Gasteiger partial charge in [-0.25, -0.2) is 4.79 Å². The first-order valence-electron chi connectivity index (χ1n) is 8.55. The highest BCUT2D eigenvalue weighted by Gasteiger charge is 2.28. The lowest BCUT2D eigenvalue weighted by Crippen LogP contribution is -2.19. The monoisotopic (exact) mass is 352 g/mol. The minimum absolute atomic E-state index is 0.119. The van der Waals surface area contributed by atoms with E-state index < -0.39 is 5.97 Å². The Morgan fingerprint density at radius 1 is 0.815 bits per heavy atom. The molecule has 0 aliphatic carbocycles. The summed E-state index contributed by atoms with van der Waals surface area (Å²) in [6.45, 7) is 0. The van der Waals surface area contributed by atoms with Crippen LogP contribution in [0.2, 0.25) is 0 Å². The molecule has 0 radical (unpaired) electrons. The van der Waals surface area contributed by atoms with Gasteiger partial charge in [-0.1, -0.05) is 72.8 Å². The van der Waals surface area contributed by atoms with Crippen molar-refractivity contribution in [2.75, 3.05) is 7.11 Å². The zero-order valence-electron chi connectivity index (χ0n) is 14.7. The van der Waals surface area contributed by atoms with Gasteiger partial charge in [-0.2, -0.15) is 4.79 Å². The maximum absolute atomic E-state index is 12.2. The van der Waals surface area contributed by atoms with Crippen molar-refractivity contribution in [2.24, 2.45) is 0 Å². The summed E-state index contributed by atoms with van der Waals surface area (Å²) in [5, 5.41) is 4.15. The van der Waals surface area contributed by atoms with Crippen LogP contribution >= 0.6 is 0 Å². The number of rotatable bonds is 3. The summed E-state index contributed by atoms with van der Waals surface area (Å²) >= 11 is 0. The van der Waals surface area contributed by atoms with Crippen LogP contribution in [0.15, 0.2) is 78.9 Å². The minimum Gasteiger partial charge on any atom is -0.460 e. The summed E-state index contributed by atoms with van der Waals surface area (Å²) in [5.74, 6) is -0.686. The second-order valence-electron chi connectivity index (χ2n) is 6.18. The third-order valence-corrected chi connectivity index (χ3v) is 4.72. The standard InChI is InChI=1S/C23H16N2O2/c1-27-23(26)22(25-24)20-14-13-16-8-3-5-11-18(16)21(20)19-12-6-9-15-7-2-4-10-17(15)19/h2-14H,1H3. The van der Waals surface area contributed by atoms with Gasteiger partial charge in [0, 0.05) is 5.56 Å². The first kappa shape index (κ1) is 16.7. The molecule has 0 heterocycles. The van der Waals surface area contributed by atoms with Gasteiger partial charge in [0.2, 0.25) is 0 Å². The molecule has 4 nitrogen and oxygen atoms in total. The fourth-order valence-corrected chi connectivity index (χ4v) is 3.50. The third-order valence-electron chi connectivity index (χ3n) is 4.72. The van der Waals surface area contributed by atoms with Gasteiger partial charge in [0.05, 0.1) is 12.7 Å². The van der Waals surface area contributed by atoms with E-state index in [2.05, 4.69) is 4.79 Å². The highest BCUT2D eigenvalue weighted by atomic mass is 16.5. The zero-order valence-corrected chi connectivity index (χ0v) is 14.7. The Labute approximate surface area is 156 Å². The number of nitrogens with zero attached hydrogens (tertiary/aromatic N) is 2. The van der Waals surface area contributed by atoms with Crippen LogP contribution in [0, 0.1) is 0 Å². The van der Waals surface area contributed by atoms with E-state index in [9.17, 15) is 10.3 Å². The van der Waals surface area contributed by atoms with Crippen molar-refractivity contribution in [3.8, 4) is 11.1 Å². The number of fused-ring (bicyclic) bond motifs is 2. The molecule has 4 aromatic carbocycles. The normalized spacial score (nSPS) is 10.6. The average molecular weight is 352 g/mol. The zero-order chi connectivity index (χ0) is 18.8. The lowest BCUT2D eigenvalue weighted by Gasteiger charge is -2.13. The molecule has 4 rings (SSSR count). The Morgan fingerprint density at radius 2 is 1.44 bits per heavy atom. The number of benzene rings is 4. The molecule has 0 aliphatic rings. The van der Waals surface area contributed by atoms with Crippen molar-refractivity contribution >= 4 is 33.2 Å². The highest BCUT2D eigenvalue weighted by molar-refractivity contribution is 6.43. The van der Waals surface area contributed by atoms with Crippen LogP contribution in [0.5, 0.6) is 0 Å². The Bertz CT molecular complexity index is 1230. The van der Waals surface area contributed by atoms with Gasteiger partial charge in [-0.15, -0.1) is 0 Å². The van der Waals surface area contributed by atoms with E-state index in [1.54, 1.807) is 6.07 Å². The molecule has 0 aliphatic heterocycles. The highest BCUT2D eigenvalue weighted by Crippen LogP contribution is 2.36. The maximum Gasteiger partial charge on any atom is 0.422 e. The molecule has 0 aromatic heterocycles. The number of hydrogen-bond donors (Lipinski definition) is 0. The largest absolute Gasteiger partial charge is 0.460 e. The van der Waals surface area contributed by atoms with Crippen LogP contribution in [0.1, 0.15) is 5.56 Å². The molecule has 27 heavy (non-hydrogen) atoms. The SMILES string of the molecule is COC(=O)C(=[N+]=[N-])c1ccc2ccccc2c1-c1cccc2ccccc12. The van der Waals surface area contributed by atoms with Gasteiger partial charge < -0.3 is 10.3 Å². The molecule has 0 saturated heterocycles. The van der Waals surface area contributed by atoms with Crippen LogP contribution in [-0.2, 0) is 9.53 Å². The molecule has 0 saturated carbocycles. The van der Waals surface area contributed by atoms with Gasteiger partial charge in [0.1, 0.15) is 0 Å². The van der Waals surface area contributed by atoms with E-state index in [4.69, 9.17) is 4.74 Å². The second kappa shape index (κ2) is 6.87. The number of carbonyl (C=O) groups is 1. The Balaban J connectivity index is 2.16. The van der Waals surface area contributed by atoms with E-state index in [-0.39, 0.29) is 5.71 Å². The summed E-state index contributed by atoms with van der Waals surface area (Å²) in [6, 6.07) is 25.8.